The second kappa shape index (κ2) is 5.72. The van der Waals surface area contributed by atoms with Gasteiger partial charge >= 0.3 is 5.97 Å². The van der Waals surface area contributed by atoms with Crippen molar-refractivity contribution in [3.05, 3.63) is 23.4 Å². The maximum atomic E-state index is 12.3. The van der Waals surface area contributed by atoms with E-state index in [4.69, 9.17) is 5.73 Å². The third-order valence-electron chi connectivity index (χ3n) is 9.23. The molecule has 4 aliphatic carbocycles. The van der Waals surface area contributed by atoms with Crippen LogP contribution in [0.15, 0.2) is 28.4 Å². The van der Waals surface area contributed by atoms with Crippen molar-refractivity contribution in [3.8, 4) is 0 Å². The zero-order valence-corrected chi connectivity index (χ0v) is 17.0. The van der Waals surface area contributed by atoms with E-state index in [0.717, 1.165) is 24.8 Å². The van der Waals surface area contributed by atoms with E-state index in [-0.39, 0.29) is 22.8 Å². The summed E-state index contributed by atoms with van der Waals surface area (Å²) < 4.78 is 0. The fraction of sp³-hybridized carbons (Fsp3) is 0.682. The number of nitrogens with zero attached hydrogens (tertiary/aromatic N) is 2. The highest BCUT2D eigenvalue weighted by molar-refractivity contribution is 5.98. The van der Waals surface area contributed by atoms with Crippen molar-refractivity contribution in [3.63, 3.8) is 0 Å². The van der Waals surface area contributed by atoms with Gasteiger partial charge in [0, 0.05) is 36.5 Å². The molecule has 156 valence electrons. The van der Waals surface area contributed by atoms with Gasteiger partial charge in [-0.2, -0.15) is 0 Å². The van der Waals surface area contributed by atoms with Crippen LogP contribution in [0.5, 0.6) is 0 Å². The van der Waals surface area contributed by atoms with Gasteiger partial charge in [-0.05, 0) is 55.4 Å². The van der Waals surface area contributed by atoms with E-state index in [0.29, 0.717) is 37.6 Å². The number of guanidine groups is 1. The number of carboxylic acid groups (broad SMARTS) is 1. The minimum Gasteiger partial charge on any atom is -0.478 e. The van der Waals surface area contributed by atoms with Gasteiger partial charge in [0.05, 0.1) is 5.57 Å². The van der Waals surface area contributed by atoms with Crippen molar-refractivity contribution < 1.29 is 19.8 Å². The number of aliphatic carboxylic acids is 1. The van der Waals surface area contributed by atoms with Gasteiger partial charge in [0.15, 0.2) is 17.8 Å². The molecule has 0 saturated heterocycles. The highest BCUT2D eigenvalue weighted by atomic mass is 16.4. The zero-order valence-electron chi connectivity index (χ0n) is 17.0. The molecule has 2 bridgehead atoms. The van der Waals surface area contributed by atoms with Crippen LogP contribution in [-0.2, 0) is 9.59 Å². The monoisotopic (exact) mass is 399 g/mol. The third-order valence-corrected chi connectivity index (χ3v) is 9.23. The minimum atomic E-state index is -1.91. The Morgan fingerprint density at radius 1 is 1.34 bits per heavy atom. The molecule has 1 aliphatic heterocycles. The van der Waals surface area contributed by atoms with Gasteiger partial charge in [0.1, 0.15) is 0 Å². The predicted molar refractivity (Wildman–Crippen MR) is 107 cm³/mol. The Balaban J connectivity index is 1.82. The maximum absolute atomic E-state index is 12.3. The number of hydrogen-bond acceptors (Lipinski definition) is 4. The Hall–Kier alpha value is -2.15. The molecule has 0 aromatic carbocycles. The fourth-order valence-electron chi connectivity index (χ4n) is 8.54. The Bertz CT molecular complexity index is 894. The van der Waals surface area contributed by atoms with Crippen molar-refractivity contribution in [2.45, 2.75) is 44.6 Å². The molecule has 3 fully saturated rings. The number of hydrogen-bond donors (Lipinski definition) is 3. The molecule has 0 aromatic heterocycles. The summed E-state index contributed by atoms with van der Waals surface area (Å²) in [5, 5.41) is 21.6. The number of carboxylic acids is 1. The number of rotatable bonds is 2. The fourth-order valence-corrected chi connectivity index (χ4v) is 8.54. The molecular weight excluding hydrogens is 370 g/mol. The average molecular weight is 399 g/mol. The first-order valence-electron chi connectivity index (χ1n) is 10.6. The van der Waals surface area contributed by atoms with Crippen molar-refractivity contribution in [1.29, 1.82) is 0 Å². The molecule has 5 rings (SSSR count). The molecule has 2 spiro atoms. The van der Waals surface area contributed by atoms with Crippen LogP contribution in [0, 0.1) is 34.5 Å². The molecule has 7 heteroatoms. The Morgan fingerprint density at radius 2 is 2.10 bits per heavy atom. The highest BCUT2D eigenvalue weighted by Gasteiger charge is 2.80. The van der Waals surface area contributed by atoms with Gasteiger partial charge in [-0.25, -0.2) is 4.79 Å². The summed E-state index contributed by atoms with van der Waals surface area (Å²) >= 11 is 0. The molecular formula is C22H29N3O4. The molecule has 3 saturated carbocycles. The minimum absolute atomic E-state index is 0.0352. The van der Waals surface area contributed by atoms with Crippen LogP contribution in [0.3, 0.4) is 0 Å². The number of aldehydes is 1. The molecule has 5 aliphatic rings. The van der Waals surface area contributed by atoms with Gasteiger partial charge in [-0.15, -0.1) is 0 Å². The second-order valence-electron chi connectivity index (χ2n) is 9.68. The summed E-state index contributed by atoms with van der Waals surface area (Å²) in [4.78, 5) is 30.7. The quantitative estimate of drug-likeness (QED) is 0.368. The second-order valence-corrected chi connectivity index (χ2v) is 9.68. The van der Waals surface area contributed by atoms with Crippen LogP contribution in [0.1, 0.15) is 39.0 Å². The van der Waals surface area contributed by atoms with E-state index in [9.17, 15) is 19.8 Å². The van der Waals surface area contributed by atoms with Gasteiger partial charge in [-0.1, -0.05) is 13.0 Å². The first-order valence-corrected chi connectivity index (χ1v) is 10.6. The van der Waals surface area contributed by atoms with E-state index >= 15 is 0 Å². The average Bonchev–Trinajstić information content (AvgIpc) is 3.06. The van der Waals surface area contributed by atoms with Crippen LogP contribution >= 0.6 is 0 Å². The van der Waals surface area contributed by atoms with Crippen molar-refractivity contribution >= 4 is 18.2 Å². The normalized spacial score (nSPS) is 47.8. The first-order chi connectivity index (χ1) is 13.8. The summed E-state index contributed by atoms with van der Waals surface area (Å²) in [7, 11) is 1.67. The third kappa shape index (κ3) is 1.82. The predicted octanol–water partition coefficient (Wildman–Crippen LogP) is 1.53. The van der Waals surface area contributed by atoms with Crippen molar-refractivity contribution in [2.75, 3.05) is 13.6 Å². The summed E-state index contributed by atoms with van der Waals surface area (Å²) in [5.41, 5.74) is 4.36. The molecule has 0 radical (unpaired) electrons. The van der Waals surface area contributed by atoms with Crippen LogP contribution in [0.25, 0.3) is 0 Å². The van der Waals surface area contributed by atoms with E-state index in [1.165, 1.54) is 0 Å². The lowest BCUT2D eigenvalue weighted by Crippen LogP contribution is -2.66. The number of allylic oxidation sites excluding steroid dienone is 2. The lowest BCUT2D eigenvalue weighted by atomic mass is 9.39. The van der Waals surface area contributed by atoms with Crippen LogP contribution in [0.2, 0.25) is 0 Å². The summed E-state index contributed by atoms with van der Waals surface area (Å²) in [6, 6.07) is 0. The van der Waals surface area contributed by atoms with E-state index in [1.807, 2.05) is 11.1 Å². The van der Waals surface area contributed by atoms with Crippen molar-refractivity contribution in [2.24, 2.45) is 45.2 Å². The molecule has 7 nitrogen and oxygen atoms in total. The van der Waals surface area contributed by atoms with Crippen LogP contribution in [0.4, 0.5) is 0 Å². The van der Waals surface area contributed by atoms with Gasteiger partial charge < -0.3 is 20.8 Å². The SMILES string of the molecule is CN=C(N)N1C=C[C@@H]2CC[C@H]3[C@@]45C(=C(C(=O)O)[C@@]3(O)C=O)C[C@@H](CC[C@H]4C)[C@]25C1. The first kappa shape index (κ1) is 18.9. The Morgan fingerprint density at radius 3 is 2.76 bits per heavy atom. The molecule has 4 N–H and O–H groups in total. The Kier molecular flexibility index (Phi) is 3.72. The highest BCUT2D eigenvalue weighted by Crippen LogP contribution is 2.81. The van der Waals surface area contributed by atoms with Crippen LogP contribution in [-0.4, -0.2) is 52.5 Å². The van der Waals surface area contributed by atoms with Gasteiger partial charge in [0.2, 0.25) is 0 Å². The molecule has 0 unspecified atom stereocenters. The summed E-state index contributed by atoms with van der Waals surface area (Å²) in [6.45, 7) is 2.85. The maximum Gasteiger partial charge on any atom is 0.334 e. The molecule has 29 heavy (non-hydrogen) atoms. The number of carbonyl (C=O) groups excluding carboxylic acids is 1. The topological polar surface area (TPSA) is 116 Å². The smallest absolute Gasteiger partial charge is 0.334 e. The van der Waals surface area contributed by atoms with Crippen molar-refractivity contribution in [1.82, 2.24) is 4.90 Å². The van der Waals surface area contributed by atoms with E-state index in [1.54, 1.807) is 7.05 Å². The number of aliphatic imine (C=N–C) groups is 1. The summed E-state index contributed by atoms with van der Waals surface area (Å²) in [6.07, 6.45) is 8.90. The van der Waals surface area contributed by atoms with Gasteiger partial charge in [-0.3, -0.25) is 9.79 Å². The summed E-state index contributed by atoms with van der Waals surface area (Å²) in [5.74, 6) is -0.294. The molecule has 7 atom stereocenters. The lowest BCUT2D eigenvalue weighted by molar-refractivity contribution is -0.178. The lowest BCUT2D eigenvalue weighted by Gasteiger charge is -2.66. The zero-order chi connectivity index (χ0) is 20.8. The molecule has 0 aromatic rings. The Labute approximate surface area is 170 Å². The largest absolute Gasteiger partial charge is 0.478 e. The van der Waals surface area contributed by atoms with Gasteiger partial charge in [0.25, 0.3) is 0 Å². The van der Waals surface area contributed by atoms with Crippen LogP contribution < -0.4 is 5.73 Å². The standard InChI is InChI=1S/C22H29N3O4/c1-12-3-4-14-9-15-17(18(27)28)21(29,11-26)16-6-5-13-7-8-25(19(23)24-2)10-20(13,14)22(12,15)16/h7-8,11-14,16,29H,3-6,9-10H2,1-2H3,(H2,23,24)(H,27,28)/t12-,13+,14-,16-,20+,21-,22+/m1/s1. The molecule has 1 heterocycles. The number of carbonyl (C=O) groups is 2. The number of aliphatic hydroxyl groups is 1. The van der Waals surface area contributed by atoms with E-state index < -0.39 is 22.9 Å². The van der Waals surface area contributed by atoms with E-state index in [2.05, 4.69) is 18.0 Å². The number of nitrogens with two attached hydrogens (primary N) is 1. The molecule has 0 amide bonds.